The first-order valence-corrected chi connectivity index (χ1v) is 16.1. The van der Waals surface area contributed by atoms with Crippen LogP contribution >= 0.6 is 0 Å². The molecule has 2 aliphatic heterocycles. The van der Waals surface area contributed by atoms with Crippen LogP contribution in [0.5, 0.6) is 0 Å². The van der Waals surface area contributed by atoms with Crippen LogP contribution in [0.3, 0.4) is 0 Å². The zero-order chi connectivity index (χ0) is 36.4. The number of aromatic nitrogens is 4. The van der Waals surface area contributed by atoms with E-state index in [1.807, 2.05) is 13.8 Å². The molecule has 0 radical (unpaired) electrons. The molecule has 0 fully saturated rings. The second-order valence-corrected chi connectivity index (χ2v) is 11.3. The maximum Gasteiger partial charge on any atom is 0.352 e. The smallest absolute Gasteiger partial charge is 0.352 e. The standard InChI is InChI=1S/C33H42N4O12/c1-7-25(40)46-17-23(48-27(42)9-3)30(49-28(43)10-4)22(47-26(41)8-2)16-37-21-15-19(6)18(5)14-20(21)34-29-31(37)35-33(45)36(32(29)44)13-11-12-24(38)39/h14-15,22-23,30H,7-13,16-17H2,1-6H3,(H,38,39)/t22-,23+,30-/m1/s1. The van der Waals surface area contributed by atoms with E-state index in [1.54, 1.807) is 26.0 Å². The van der Waals surface area contributed by atoms with Crippen LogP contribution < -0.4 is 11.2 Å². The van der Waals surface area contributed by atoms with Gasteiger partial charge in [0.2, 0.25) is 0 Å². The van der Waals surface area contributed by atoms with Gasteiger partial charge in [0, 0.05) is 38.6 Å². The van der Waals surface area contributed by atoms with Gasteiger partial charge in [-0.2, -0.15) is 4.98 Å². The third-order valence-electron chi connectivity index (χ3n) is 7.73. The van der Waals surface area contributed by atoms with Gasteiger partial charge in [-0.25, -0.2) is 9.78 Å². The van der Waals surface area contributed by atoms with Gasteiger partial charge in [0.05, 0.1) is 17.6 Å². The highest BCUT2D eigenvalue weighted by molar-refractivity contribution is 5.81. The number of carboxylic acid groups (broad SMARTS) is 1. The number of benzene rings is 1. The van der Waals surface area contributed by atoms with E-state index in [0.29, 0.717) is 11.0 Å². The summed E-state index contributed by atoms with van der Waals surface area (Å²) in [6.07, 6.45) is -4.96. The van der Waals surface area contributed by atoms with Crippen molar-refractivity contribution in [3.8, 4) is 11.5 Å². The average molecular weight is 687 g/mol. The van der Waals surface area contributed by atoms with Crippen molar-refractivity contribution >= 4 is 40.9 Å². The molecule has 2 aliphatic rings. The number of carbonyl (C=O) groups is 5. The predicted octanol–water partition coefficient (Wildman–Crippen LogP) is 2.46. The van der Waals surface area contributed by atoms with E-state index in [4.69, 9.17) is 24.1 Å². The van der Waals surface area contributed by atoms with E-state index in [2.05, 4.69) is 9.97 Å². The number of aryl methyl sites for hydroxylation is 2. The van der Waals surface area contributed by atoms with Gasteiger partial charge >= 0.3 is 35.5 Å². The molecule has 0 bridgehead atoms. The minimum atomic E-state index is -1.52. The van der Waals surface area contributed by atoms with Crippen LogP contribution in [0.2, 0.25) is 0 Å². The molecule has 49 heavy (non-hydrogen) atoms. The number of rotatable bonds is 17. The van der Waals surface area contributed by atoms with Crippen LogP contribution in [0, 0.1) is 13.8 Å². The molecule has 1 N–H and O–H groups in total. The van der Waals surface area contributed by atoms with Gasteiger partial charge in [0.1, 0.15) is 6.61 Å². The van der Waals surface area contributed by atoms with Crippen molar-refractivity contribution < 1.29 is 48.0 Å². The molecule has 0 aromatic heterocycles. The summed E-state index contributed by atoms with van der Waals surface area (Å²) >= 11 is 0. The van der Waals surface area contributed by atoms with Gasteiger partial charge in [0.25, 0.3) is 5.56 Å². The van der Waals surface area contributed by atoms with Crippen LogP contribution in [0.1, 0.15) is 77.3 Å². The lowest BCUT2D eigenvalue weighted by Gasteiger charge is -2.33. The summed E-state index contributed by atoms with van der Waals surface area (Å²) in [4.78, 5) is 97.0. The molecule has 0 saturated heterocycles. The molecule has 2 heterocycles. The molecule has 3 atom stereocenters. The Hall–Kier alpha value is -5.15. The third-order valence-corrected chi connectivity index (χ3v) is 7.73. The van der Waals surface area contributed by atoms with E-state index in [1.165, 1.54) is 18.4 Å². The zero-order valence-corrected chi connectivity index (χ0v) is 28.5. The molecule has 1 aromatic rings. The Bertz CT molecular complexity index is 1800. The maximum atomic E-state index is 13.7. The number of hydrogen-bond donors (Lipinski definition) is 1. The Balaban J connectivity index is 2.33. The molecule has 1 aromatic carbocycles. The summed E-state index contributed by atoms with van der Waals surface area (Å²) in [5.41, 5.74) is 0.338. The van der Waals surface area contributed by atoms with Crippen molar-refractivity contribution in [3.05, 3.63) is 44.1 Å². The first-order chi connectivity index (χ1) is 23.2. The lowest BCUT2D eigenvalue weighted by atomic mass is 10.1. The van der Waals surface area contributed by atoms with Gasteiger partial charge in [-0.15, -0.1) is 0 Å². The number of aliphatic carboxylic acids is 1. The minimum absolute atomic E-state index is 0.00273. The van der Waals surface area contributed by atoms with Crippen LogP contribution in [-0.4, -0.2) is 79.0 Å². The van der Waals surface area contributed by atoms with E-state index >= 15 is 0 Å². The Morgan fingerprint density at radius 1 is 0.776 bits per heavy atom. The first-order valence-electron chi connectivity index (χ1n) is 16.1. The predicted molar refractivity (Wildman–Crippen MR) is 173 cm³/mol. The fourth-order valence-corrected chi connectivity index (χ4v) is 4.89. The molecular weight excluding hydrogens is 644 g/mol. The second-order valence-electron chi connectivity index (χ2n) is 11.3. The Morgan fingerprint density at radius 3 is 1.94 bits per heavy atom. The SMILES string of the molecule is CCC(=O)OC[C@H](OC(=O)CC)[C@H](OC(=O)CC)[C@@H](Cn1c2nc(=O)n(CCCC(=O)O)c(=O)c-2nc2cc(C)c(C)cc21)OC(=O)CC. The summed E-state index contributed by atoms with van der Waals surface area (Å²) in [5, 5.41) is 9.04. The lowest BCUT2D eigenvalue weighted by Crippen LogP contribution is -2.50. The highest BCUT2D eigenvalue weighted by Gasteiger charge is 2.40. The van der Waals surface area contributed by atoms with E-state index in [-0.39, 0.29) is 63.1 Å². The maximum absolute atomic E-state index is 13.7. The number of nitrogens with zero attached hydrogens (tertiary/aromatic N) is 4. The number of esters is 4. The highest BCUT2D eigenvalue weighted by Crippen LogP contribution is 2.27. The summed E-state index contributed by atoms with van der Waals surface area (Å²) in [6, 6.07) is 3.46. The summed E-state index contributed by atoms with van der Waals surface area (Å²) < 4.78 is 24.7. The summed E-state index contributed by atoms with van der Waals surface area (Å²) in [7, 11) is 0. The monoisotopic (exact) mass is 686 g/mol. The molecule has 16 heteroatoms. The molecule has 266 valence electrons. The van der Waals surface area contributed by atoms with Crippen LogP contribution in [0.15, 0.2) is 21.7 Å². The number of hydrogen-bond acceptors (Lipinski definition) is 13. The minimum Gasteiger partial charge on any atom is -0.481 e. The molecule has 0 spiro atoms. The molecule has 0 unspecified atom stereocenters. The first kappa shape index (κ1) is 38.3. The van der Waals surface area contributed by atoms with Crippen LogP contribution in [0.25, 0.3) is 22.6 Å². The van der Waals surface area contributed by atoms with Gasteiger partial charge in [-0.3, -0.25) is 33.3 Å². The fraction of sp³-hybridized carbons (Fsp3) is 0.545. The van der Waals surface area contributed by atoms with Crippen molar-refractivity contribution in [2.75, 3.05) is 6.61 Å². The third kappa shape index (κ3) is 9.70. The van der Waals surface area contributed by atoms with E-state index < -0.39 is 66.0 Å². The molecular formula is C33H42N4O12. The average Bonchev–Trinajstić information content (AvgIpc) is 3.07. The molecule has 0 saturated carbocycles. The Kier molecular flexibility index (Phi) is 13.5. The normalized spacial score (nSPS) is 13.0. The van der Waals surface area contributed by atoms with Crippen molar-refractivity contribution in [2.45, 2.75) is 111 Å². The van der Waals surface area contributed by atoms with Crippen molar-refractivity contribution in [2.24, 2.45) is 0 Å². The Labute approximate surface area is 281 Å². The van der Waals surface area contributed by atoms with Crippen LogP contribution in [0.4, 0.5) is 0 Å². The van der Waals surface area contributed by atoms with Gasteiger partial charge in [-0.1, -0.05) is 27.7 Å². The lowest BCUT2D eigenvalue weighted by molar-refractivity contribution is -0.192. The topological polar surface area (TPSA) is 212 Å². The van der Waals surface area contributed by atoms with Crippen molar-refractivity contribution in [1.29, 1.82) is 0 Å². The number of carboxylic acids is 1. The molecule has 3 rings (SSSR count). The van der Waals surface area contributed by atoms with Gasteiger partial charge < -0.3 is 28.6 Å². The highest BCUT2D eigenvalue weighted by atomic mass is 16.6. The second kappa shape index (κ2) is 17.3. The van der Waals surface area contributed by atoms with Crippen LogP contribution in [-0.2, 0) is 56.0 Å². The van der Waals surface area contributed by atoms with Gasteiger partial charge in [-0.05, 0) is 43.5 Å². The zero-order valence-electron chi connectivity index (χ0n) is 28.5. The summed E-state index contributed by atoms with van der Waals surface area (Å²) in [5.74, 6) is -4.08. The number of fused-ring (bicyclic) bond motifs is 2. The number of ether oxygens (including phenoxy) is 4. The largest absolute Gasteiger partial charge is 0.481 e. The fourth-order valence-electron chi connectivity index (χ4n) is 4.89. The van der Waals surface area contributed by atoms with Crippen molar-refractivity contribution in [3.63, 3.8) is 0 Å². The van der Waals surface area contributed by atoms with Crippen molar-refractivity contribution in [1.82, 2.24) is 19.1 Å². The molecule has 16 nitrogen and oxygen atoms in total. The van der Waals surface area contributed by atoms with E-state index in [9.17, 15) is 33.6 Å². The van der Waals surface area contributed by atoms with E-state index in [0.717, 1.165) is 15.7 Å². The quantitative estimate of drug-likeness (QED) is 0.123. The Morgan fingerprint density at radius 2 is 1.35 bits per heavy atom. The summed E-state index contributed by atoms with van der Waals surface area (Å²) in [6.45, 7) is 8.70. The molecule has 0 aliphatic carbocycles. The molecule has 0 amide bonds. The van der Waals surface area contributed by atoms with Gasteiger partial charge in [0.15, 0.2) is 29.8 Å². The number of carbonyl (C=O) groups excluding carboxylic acids is 4.